The molecular formula is C18H18N4O3S2. The monoisotopic (exact) mass is 402 g/mol. The van der Waals surface area contributed by atoms with Gasteiger partial charge in [0.1, 0.15) is 5.92 Å². The van der Waals surface area contributed by atoms with Crippen molar-refractivity contribution >= 4 is 39.7 Å². The fourth-order valence-electron chi connectivity index (χ4n) is 3.04. The Bertz CT molecular complexity index is 961. The molecule has 140 valence electrons. The number of carbonyl (C=O) groups excluding carboxylic acids is 2. The number of aromatic nitrogens is 3. The molecule has 0 spiro atoms. The summed E-state index contributed by atoms with van der Waals surface area (Å²) in [5.74, 6) is -0.719. The van der Waals surface area contributed by atoms with Gasteiger partial charge in [-0.3, -0.25) is 9.59 Å². The second-order valence-electron chi connectivity index (χ2n) is 6.11. The molecular weight excluding hydrogens is 384 g/mol. The molecule has 1 aliphatic rings. The molecule has 27 heavy (non-hydrogen) atoms. The molecule has 7 nitrogen and oxygen atoms in total. The predicted molar refractivity (Wildman–Crippen MR) is 104 cm³/mol. The molecule has 1 amide bonds. The van der Waals surface area contributed by atoms with Gasteiger partial charge in [-0.25, -0.2) is 9.97 Å². The first-order valence-corrected chi connectivity index (χ1v) is 10.4. The smallest absolute Gasteiger partial charge is 0.315 e. The zero-order valence-electron chi connectivity index (χ0n) is 14.7. The van der Waals surface area contributed by atoms with E-state index in [4.69, 9.17) is 4.74 Å². The van der Waals surface area contributed by atoms with Crippen molar-refractivity contribution in [2.24, 2.45) is 0 Å². The lowest BCUT2D eigenvalue weighted by Crippen LogP contribution is -2.16. The number of carbonyl (C=O) groups is 2. The number of hydrogen-bond donors (Lipinski definition) is 1. The first-order valence-electron chi connectivity index (χ1n) is 8.68. The van der Waals surface area contributed by atoms with Crippen molar-refractivity contribution in [1.82, 2.24) is 14.5 Å². The Kier molecular flexibility index (Phi) is 5.04. The van der Waals surface area contributed by atoms with E-state index < -0.39 is 0 Å². The van der Waals surface area contributed by atoms with E-state index in [-0.39, 0.29) is 24.2 Å². The number of thiazole rings is 2. The number of fused-ring (bicyclic) bond motifs is 1. The van der Waals surface area contributed by atoms with Crippen LogP contribution in [0.25, 0.3) is 5.13 Å². The van der Waals surface area contributed by atoms with Gasteiger partial charge in [0.05, 0.1) is 24.4 Å². The molecule has 0 saturated carbocycles. The summed E-state index contributed by atoms with van der Waals surface area (Å²) in [5.41, 5.74) is 1.46. The van der Waals surface area contributed by atoms with E-state index in [1.165, 1.54) is 22.7 Å². The predicted octanol–water partition coefficient (Wildman–Crippen LogP) is 3.16. The van der Waals surface area contributed by atoms with E-state index in [1.807, 2.05) is 34.5 Å². The number of aryl methyl sites for hydroxylation is 1. The highest BCUT2D eigenvalue weighted by Gasteiger charge is 2.33. The summed E-state index contributed by atoms with van der Waals surface area (Å²) in [6, 6.07) is 3.86. The van der Waals surface area contributed by atoms with Gasteiger partial charge >= 0.3 is 5.97 Å². The maximum absolute atomic E-state index is 12.3. The number of rotatable bonds is 6. The third-order valence-corrected chi connectivity index (χ3v) is 6.19. The van der Waals surface area contributed by atoms with Crippen molar-refractivity contribution in [1.29, 1.82) is 0 Å². The Hall–Kier alpha value is -2.52. The molecule has 9 heteroatoms. The molecule has 0 saturated heterocycles. The van der Waals surface area contributed by atoms with Gasteiger partial charge in [-0.15, -0.1) is 22.7 Å². The van der Waals surface area contributed by atoms with Crippen molar-refractivity contribution in [2.75, 3.05) is 11.9 Å². The van der Waals surface area contributed by atoms with Crippen molar-refractivity contribution in [3.8, 4) is 5.13 Å². The fraction of sp³-hybridized carbons (Fsp3) is 0.333. The van der Waals surface area contributed by atoms with Crippen LogP contribution in [-0.4, -0.2) is 33.0 Å². The summed E-state index contributed by atoms with van der Waals surface area (Å²) in [4.78, 5) is 34.4. The largest absolute Gasteiger partial charge is 0.465 e. The maximum atomic E-state index is 12.3. The molecule has 3 heterocycles. The average Bonchev–Trinajstić information content (AvgIpc) is 3.39. The van der Waals surface area contributed by atoms with Gasteiger partial charge in [0.15, 0.2) is 10.3 Å². The van der Waals surface area contributed by atoms with Crippen LogP contribution in [0.5, 0.6) is 0 Å². The lowest BCUT2D eigenvalue weighted by atomic mass is 10.1. The van der Waals surface area contributed by atoms with Crippen LogP contribution in [-0.2, 0) is 27.2 Å². The number of ether oxygens (including phenoxy) is 1. The number of nitrogens with one attached hydrogen (secondary N) is 1. The van der Waals surface area contributed by atoms with Gasteiger partial charge in [-0.05, 0) is 31.9 Å². The topological polar surface area (TPSA) is 86.1 Å². The van der Waals surface area contributed by atoms with Crippen molar-refractivity contribution in [3.63, 3.8) is 0 Å². The average molecular weight is 403 g/mol. The van der Waals surface area contributed by atoms with Crippen LogP contribution >= 0.6 is 22.7 Å². The Morgan fingerprint density at radius 2 is 2.15 bits per heavy atom. The minimum absolute atomic E-state index is 0.167. The van der Waals surface area contributed by atoms with Gasteiger partial charge < -0.3 is 14.6 Å². The number of esters is 1. The minimum Gasteiger partial charge on any atom is -0.465 e. The number of nitrogens with zero attached hydrogens (tertiary/aromatic N) is 3. The summed E-state index contributed by atoms with van der Waals surface area (Å²) < 4.78 is 7.02. The van der Waals surface area contributed by atoms with Crippen LogP contribution < -0.4 is 5.32 Å². The first-order chi connectivity index (χ1) is 13.1. The summed E-state index contributed by atoms with van der Waals surface area (Å²) in [6.45, 7) is 2.15. The van der Waals surface area contributed by atoms with Crippen LogP contribution in [0.2, 0.25) is 0 Å². The molecule has 0 aliphatic heterocycles. The van der Waals surface area contributed by atoms with E-state index in [1.54, 1.807) is 6.92 Å². The number of amides is 1. The van der Waals surface area contributed by atoms with Gasteiger partial charge in [0.2, 0.25) is 5.91 Å². The molecule has 0 bridgehead atoms. The van der Waals surface area contributed by atoms with Gasteiger partial charge in [0.25, 0.3) is 0 Å². The number of hydrogen-bond acceptors (Lipinski definition) is 7. The lowest BCUT2D eigenvalue weighted by Gasteiger charge is -2.07. The van der Waals surface area contributed by atoms with Crippen LogP contribution in [0.4, 0.5) is 5.13 Å². The van der Waals surface area contributed by atoms with Crippen LogP contribution in [0.1, 0.15) is 35.5 Å². The molecule has 1 unspecified atom stereocenters. The van der Waals surface area contributed by atoms with Gasteiger partial charge in [-0.2, -0.15) is 0 Å². The molecule has 0 fully saturated rings. The second kappa shape index (κ2) is 7.61. The van der Waals surface area contributed by atoms with Crippen LogP contribution in [0.3, 0.4) is 0 Å². The number of anilines is 1. The quantitative estimate of drug-likeness (QED) is 0.640. The zero-order valence-corrected chi connectivity index (χ0v) is 16.3. The third kappa shape index (κ3) is 3.79. The Morgan fingerprint density at radius 3 is 2.93 bits per heavy atom. The second-order valence-corrected chi connectivity index (χ2v) is 8.03. The van der Waals surface area contributed by atoms with E-state index in [2.05, 4.69) is 15.3 Å². The normalized spacial score (nSPS) is 15.5. The van der Waals surface area contributed by atoms with Crippen LogP contribution in [0.15, 0.2) is 29.9 Å². The highest BCUT2D eigenvalue weighted by atomic mass is 32.1. The summed E-state index contributed by atoms with van der Waals surface area (Å²) in [6.07, 6.45) is 5.53. The SMILES string of the molecule is CCOC(=O)C1CCc2sc(NC(=O)Cc3csc(-n4cccc4)n3)nc21. The summed E-state index contributed by atoms with van der Waals surface area (Å²) in [7, 11) is 0. The Balaban J connectivity index is 1.39. The zero-order chi connectivity index (χ0) is 18.8. The van der Waals surface area contributed by atoms with Crippen molar-refractivity contribution in [3.05, 3.63) is 46.2 Å². The summed E-state index contributed by atoms with van der Waals surface area (Å²) in [5, 5.41) is 6.07. The van der Waals surface area contributed by atoms with E-state index >= 15 is 0 Å². The molecule has 1 N–H and O–H groups in total. The highest BCUT2D eigenvalue weighted by molar-refractivity contribution is 7.16. The lowest BCUT2D eigenvalue weighted by molar-refractivity contribution is -0.145. The Labute approximate surface area is 164 Å². The fourth-order valence-corrected chi connectivity index (χ4v) is 4.88. The molecule has 4 rings (SSSR count). The van der Waals surface area contributed by atoms with Gasteiger partial charge in [0, 0.05) is 22.7 Å². The van der Waals surface area contributed by atoms with Crippen molar-refractivity contribution < 1.29 is 14.3 Å². The molecule has 1 aliphatic carbocycles. The third-order valence-electron chi connectivity index (χ3n) is 4.24. The van der Waals surface area contributed by atoms with Crippen LogP contribution in [0, 0.1) is 0 Å². The standard InChI is InChI=1S/C18H18N4O3S2/c1-2-25-16(24)12-5-6-13-15(12)21-17(27-13)20-14(23)9-11-10-26-18(19-11)22-7-3-4-8-22/h3-4,7-8,10,12H,2,5-6,9H2,1H3,(H,20,21,23). The minimum atomic E-state index is -0.315. The maximum Gasteiger partial charge on any atom is 0.315 e. The molecule has 0 radical (unpaired) electrons. The van der Waals surface area contributed by atoms with Crippen molar-refractivity contribution in [2.45, 2.75) is 32.1 Å². The molecule has 0 aromatic carbocycles. The van der Waals surface area contributed by atoms with E-state index in [0.717, 1.165) is 34.2 Å². The van der Waals surface area contributed by atoms with E-state index in [9.17, 15) is 9.59 Å². The first kappa shape index (κ1) is 17.9. The highest BCUT2D eigenvalue weighted by Crippen LogP contribution is 2.39. The summed E-state index contributed by atoms with van der Waals surface area (Å²) >= 11 is 2.92. The Morgan fingerprint density at radius 1 is 1.33 bits per heavy atom. The molecule has 3 aromatic rings. The van der Waals surface area contributed by atoms with Gasteiger partial charge in [-0.1, -0.05) is 0 Å². The molecule has 3 aromatic heterocycles. The van der Waals surface area contributed by atoms with E-state index in [0.29, 0.717) is 11.7 Å². The molecule has 1 atom stereocenters.